The normalized spacial score (nSPS) is 11.6. The summed E-state index contributed by atoms with van der Waals surface area (Å²) in [6, 6.07) is 6.05. The van der Waals surface area contributed by atoms with Crippen LogP contribution in [0.25, 0.3) is 0 Å². The van der Waals surface area contributed by atoms with E-state index in [0.717, 1.165) is 12.8 Å². The molecule has 1 rings (SSSR count). The molecule has 1 aromatic carbocycles. The third-order valence-corrected chi connectivity index (χ3v) is 2.36. The molecule has 6 heteroatoms. The minimum atomic E-state index is -0.0323. The predicted molar refractivity (Wildman–Crippen MR) is 64.5 cm³/mol. The molecule has 0 amide bonds. The molecule has 94 valence electrons. The van der Waals surface area contributed by atoms with Crippen molar-refractivity contribution < 1.29 is 9.86 Å². The van der Waals surface area contributed by atoms with Gasteiger partial charge in [-0.15, -0.1) is 0 Å². The first-order valence-corrected chi connectivity index (χ1v) is 5.53. The van der Waals surface area contributed by atoms with E-state index in [-0.39, 0.29) is 11.1 Å². The number of anilines is 1. The summed E-state index contributed by atoms with van der Waals surface area (Å²) in [6.45, 7) is 3.92. The zero-order valence-electron chi connectivity index (χ0n) is 9.92. The molecule has 0 bridgehead atoms. The zero-order chi connectivity index (χ0) is 12.7. The van der Waals surface area contributed by atoms with Crippen LogP contribution < -0.4 is 10.3 Å². The Labute approximate surface area is 100 Å². The van der Waals surface area contributed by atoms with Crippen molar-refractivity contribution in [1.29, 1.82) is 0 Å². The minimum Gasteiger partial charge on any atom is -0.761 e. The van der Waals surface area contributed by atoms with Crippen LogP contribution in [0.2, 0.25) is 0 Å². The van der Waals surface area contributed by atoms with Crippen LogP contribution in [0.3, 0.4) is 0 Å². The number of hydrogen-bond donors (Lipinski definition) is 1. The van der Waals surface area contributed by atoms with Crippen LogP contribution in [0.1, 0.15) is 26.7 Å². The molecule has 0 aliphatic heterocycles. The van der Waals surface area contributed by atoms with Crippen LogP contribution in [0.4, 0.5) is 5.69 Å². The summed E-state index contributed by atoms with van der Waals surface area (Å²) in [5, 5.41) is 25.7. The van der Waals surface area contributed by atoms with Crippen molar-refractivity contribution in [1.82, 2.24) is 0 Å². The molecule has 0 radical (unpaired) electrons. The van der Waals surface area contributed by atoms with Gasteiger partial charge in [0.25, 0.3) is 0 Å². The van der Waals surface area contributed by atoms with E-state index >= 15 is 0 Å². The van der Waals surface area contributed by atoms with Gasteiger partial charge in [-0.05, 0) is 37.1 Å². The summed E-state index contributed by atoms with van der Waals surface area (Å²) in [7, 11) is 0. The summed E-state index contributed by atoms with van der Waals surface area (Å²) in [5.41, 5.74) is 2.15. The average molecular weight is 238 g/mol. The Morgan fingerprint density at radius 2 is 1.88 bits per heavy atom. The molecule has 0 heterocycles. The van der Waals surface area contributed by atoms with Crippen molar-refractivity contribution in [2.75, 3.05) is 5.48 Å². The maximum Gasteiger partial charge on any atom is 0.173 e. The lowest BCUT2D eigenvalue weighted by Gasteiger charge is -2.10. The van der Waals surface area contributed by atoms with E-state index in [2.05, 4.69) is 5.11 Å². The highest BCUT2D eigenvalue weighted by molar-refractivity contribution is 5.46. The van der Waals surface area contributed by atoms with Crippen LogP contribution in [0.5, 0.6) is 5.75 Å². The summed E-state index contributed by atoms with van der Waals surface area (Å²) in [5.74, 6) is 0.341. The lowest BCUT2D eigenvalue weighted by atomic mass is 10.2. The molecule has 17 heavy (non-hydrogen) atoms. The van der Waals surface area contributed by atoms with Gasteiger partial charge in [-0.2, -0.15) is 0 Å². The van der Waals surface area contributed by atoms with E-state index in [4.69, 9.17) is 4.84 Å². The third kappa shape index (κ3) is 4.28. The highest BCUT2D eigenvalue weighted by Gasteiger charge is 2.07. The van der Waals surface area contributed by atoms with E-state index in [1.165, 1.54) is 24.3 Å². The second-order valence-corrected chi connectivity index (χ2v) is 3.54. The highest BCUT2D eigenvalue weighted by Crippen LogP contribution is 2.15. The van der Waals surface area contributed by atoms with Gasteiger partial charge in [-0.3, -0.25) is 0 Å². The third-order valence-electron chi connectivity index (χ3n) is 2.36. The maximum absolute atomic E-state index is 11.3. The van der Waals surface area contributed by atoms with Crippen molar-refractivity contribution in [3.63, 3.8) is 0 Å². The fraction of sp³-hybridized carbons (Fsp3) is 0.455. The largest absolute Gasteiger partial charge is 0.761 e. The van der Waals surface area contributed by atoms with E-state index in [1.807, 2.05) is 13.8 Å². The predicted octanol–water partition coefficient (Wildman–Crippen LogP) is 3.04. The molecule has 0 atom stereocenters. The van der Waals surface area contributed by atoms with Crippen molar-refractivity contribution in [3.8, 4) is 5.75 Å². The van der Waals surface area contributed by atoms with E-state index in [9.17, 15) is 10.4 Å². The molecule has 0 fully saturated rings. The summed E-state index contributed by atoms with van der Waals surface area (Å²) in [6.07, 6.45) is 1.58. The van der Waals surface area contributed by atoms with Gasteiger partial charge < -0.3 is 15.5 Å². The minimum absolute atomic E-state index is 0.0323. The molecular formula is C11H16N3O3-. The quantitative estimate of drug-likeness (QED) is 0.609. The van der Waals surface area contributed by atoms with Crippen molar-refractivity contribution >= 4 is 5.69 Å². The van der Waals surface area contributed by atoms with Gasteiger partial charge in [0.1, 0.15) is 6.04 Å². The molecule has 0 saturated carbocycles. The van der Waals surface area contributed by atoms with Crippen molar-refractivity contribution in [2.45, 2.75) is 32.7 Å². The molecule has 0 spiro atoms. The van der Waals surface area contributed by atoms with Gasteiger partial charge in [-0.25, -0.2) is 5.21 Å². The molecule has 0 aliphatic rings. The molecule has 0 unspecified atom stereocenters. The van der Waals surface area contributed by atoms with Crippen LogP contribution in [0, 0.1) is 10.4 Å². The first kappa shape index (κ1) is 13.2. The van der Waals surface area contributed by atoms with Crippen LogP contribution in [-0.2, 0) is 0 Å². The Hall–Kier alpha value is -1.82. The van der Waals surface area contributed by atoms with Gasteiger partial charge in [0.05, 0.1) is 5.75 Å². The second kappa shape index (κ2) is 6.70. The van der Waals surface area contributed by atoms with E-state index in [1.54, 1.807) is 5.48 Å². The first-order valence-electron chi connectivity index (χ1n) is 5.53. The Bertz CT molecular complexity index is 361. The van der Waals surface area contributed by atoms with Crippen LogP contribution in [0.15, 0.2) is 29.4 Å². The van der Waals surface area contributed by atoms with Crippen LogP contribution >= 0.6 is 0 Å². The topological polar surface area (TPSA) is 82.8 Å². The Kier molecular flexibility index (Phi) is 5.22. The van der Waals surface area contributed by atoms with Gasteiger partial charge in [0, 0.05) is 10.8 Å². The Morgan fingerprint density at radius 1 is 1.29 bits per heavy atom. The Morgan fingerprint density at radius 3 is 2.35 bits per heavy atom. The molecule has 1 aromatic rings. The number of nitrogens with one attached hydrogen (secondary N) is 1. The number of hydrogen-bond acceptors (Lipinski definition) is 5. The lowest BCUT2D eigenvalue weighted by Crippen LogP contribution is -2.12. The first-order chi connectivity index (χ1) is 8.19. The summed E-state index contributed by atoms with van der Waals surface area (Å²) in [4.78, 5) is 4.93. The maximum atomic E-state index is 11.3. The van der Waals surface area contributed by atoms with Gasteiger partial charge in [0.2, 0.25) is 0 Å². The van der Waals surface area contributed by atoms with E-state index in [0.29, 0.717) is 11.4 Å². The van der Waals surface area contributed by atoms with Gasteiger partial charge in [0.15, 0.2) is 5.02 Å². The van der Waals surface area contributed by atoms with Crippen molar-refractivity contribution in [2.24, 2.45) is 5.11 Å². The smallest absolute Gasteiger partial charge is 0.173 e. The molecule has 0 saturated heterocycles. The SMILES string of the molecule is CCC(CC)N=[N+]([O-])Oc1ccc(N[O-])cc1. The van der Waals surface area contributed by atoms with E-state index < -0.39 is 0 Å². The zero-order valence-corrected chi connectivity index (χ0v) is 9.92. The number of nitrogens with zero attached hydrogens (tertiary/aromatic N) is 2. The summed E-state index contributed by atoms with van der Waals surface area (Å²) >= 11 is 0. The Balaban J connectivity index is 2.63. The molecular weight excluding hydrogens is 222 g/mol. The second-order valence-electron chi connectivity index (χ2n) is 3.54. The van der Waals surface area contributed by atoms with Crippen LogP contribution in [-0.4, -0.2) is 11.1 Å². The lowest BCUT2D eigenvalue weighted by molar-refractivity contribution is -0.749. The molecule has 1 N–H and O–H groups in total. The number of benzene rings is 1. The fourth-order valence-corrected chi connectivity index (χ4v) is 1.28. The average Bonchev–Trinajstić information content (AvgIpc) is 2.37. The summed E-state index contributed by atoms with van der Waals surface area (Å²) < 4.78 is 0. The monoisotopic (exact) mass is 238 g/mol. The van der Waals surface area contributed by atoms with Gasteiger partial charge >= 0.3 is 0 Å². The highest BCUT2D eigenvalue weighted by atomic mass is 16.9. The molecule has 0 aliphatic carbocycles. The van der Waals surface area contributed by atoms with Gasteiger partial charge in [-0.1, -0.05) is 13.8 Å². The molecule has 0 aromatic heterocycles. The molecule has 6 nitrogen and oxygen atoms in total. The number of rotatable bonds is 6. The fourth-order valence-electron chi connectivity index (χ4n) is 1.28. The standard InChI is InChI=1S/C11H16N3O3/c1-3-9(4-2)12-14(16)17-11-7-5-10(13-15)6-8-11/h5-9,13H,3-4H2,1-2H3/q-1. The van der Waals surface area contributed by atoms with Crippen molar-refractivity contribution in [3.05, 3.63) is 34.7 Å².